The quantitative estimate of drug-likeness (QED) is 0.641. The van der Waals surface area contributed by atoms with Gasteiger partial charge < -0.3 is 10.1 Å². The van der Waals surface area contributed by atoms with Crippen LogP contribution in [0.1, 0.15) is 47.8 Å². The van der Waals surface area contributed by atoms with Crippen LogP contribution in [0.25, 0.3) is 5.57 Å². The number of aryl methyl sites for hydroxylation is 2. The van der Waals surface area contributed by atoms with Crippen LogP contribution in [0.2, 0.25) is 5.02 Å². The van der Waals surface area contributed by atoms with E-state index in [1.165, 1.54) is 13.2 Å². The number of carbonyl (C=O) groups excluding carboxylic acids is 1. The van der Waals surface area contributed by atoms with Crippen LogP contribution in [-0.4, -0.2) is 13.0 Å². The molecule has 0 bridgehead atoms. The molecular formula is C23H24ClFN2O2. The zero-order chi connectivity index (χ0) is 21.9. The van der Waals surface area contributed by atoms with Crippen molar-refractivity contribution in [2.75, 3.05) is 7.11 Å². The van der Waals surface area contributed by atoms with Crippen LogP contribution in [0.5, 0.6) is 5.75 Å². The highest BCUT2D eigenvalue weighted by atomic mass is 35.5. The van der Waals surface area contributed by atoms with Crippen LogP contribution < -0.4 is 10.1 Å². The molecular weight excluding hydrogens is 391 g/mol. The highest BCUT2D eigenvalue weighted by Crippen LogP contribution is 2.33. The minimum Gasteiger partial charge on any atom is -0.495 e. The van der Waals surface area contributed by atoms with Gasteiger partial charge in [0, 0.05) is 11.1 Å². The average molecular weight is 415 g/mol. The van der Waals surface area contributed by atoms with Gasteiger partial charge >= 0.3 is 0 Å². The molecule has 152 valence electrons. The van der Waals surface area contributed by atoms with Crippen molar-refractivity contribution in [2.45, 2.75) is 34.6 Å². The maximum atomic E-state index is 14.4. The van der Waals surface area contributed by atoms with Gasteiger partial charge in [0.2, 0.25) is 0 Å². The number of methoxy groups -OCH3 is 1. The van der Waals surface area contributed by atoms with Crippen LogP contribution in [0.4, 0.5) is 4.39 Å². The van der Waals surface area contributed by atoms with Gasteiger partial charge in [-0.25, -0.2) is 4.39 Å². The fourth-order valence-corrected chi connectivity index (χ4v) is 3.24. The number of nitrogens with zero attached hydrogens (tertiary/aromatic N) is 1. The van der Waals surface area contributed by atoms with E-state index in [9.17, 15) is 14.4 Å². The van der Waals surface area contributed by atoms with Gasteiger partial charge in [-0.3, -0.25) is 4.79 Å². The lowest BCUT2D eigenvalue weighted by Gasteiger charge is -2.26. The summed E-state index contributed by atoms with van der Waals surface area (Å²) in [4.78, 5) is 12.9. The Labute approximate surface area is 175 Å². The van der Waals surface area contributed by atoms with E-state index in [2.05, 4.69) is 11.4 Å². The summed E-state index contributed by atoms with van der Waals surface area (Å²) in [5, 5.41) is 12.7. The number of nitriles is 1. The molecule has 2 rings (SSSR count). The molecule has 0 saturated heterocycles. The van der Waals surface area contributed by atoms with E-state index in [4.69, 9.17) is 16.3 Å². The van der Waals surface area contributed by atoms with Gasteiger partial charge in [-0.05, 0) is 37.1 Å². The highest BCUT2D eigenvalue weighted by Gasteiger charge is 2.27. The Morgan fingerprint density at radius 2 is 1.83 bits per heavy atom. The van der Waals surface area contributed by atoms with Crippen molar-refractivity contribution in [1.29, 1.82) is 5.26 Å². The van der Waals surface area contributed by atoms with Crippen molar-refractivity contribution < 1.29 is 13.9 Å². The van der Waals surface area contributed by atoms with E-state index in [0.29, 0.717) is 11.3 Å². The molecule has 0 heterocycles. The minimum absolute atomic E-state index is 0.0705. The monoisotopic (exact) mass is 414 g/mol. The zero-order valence-electron chi connectivity index (χ0n) is 17.4. The first-order chi connectivity index (χ1) is 13.5. The fourth-order valence-electron chi connectivity index (χ4n) is 3.01. The molecule has 0 aromatic heterocycles. The second-order valence-electron chi connectivity index (χ2n) is 7.85. The van der Waals surface area contributed by atoms with Gasteiger partial charge in [0.15, 0.2) is 0 Å². The van der Waals surface area contributed by atoms with Crippen LogP contribution in [0, 0.1) is 36.4 Å². The van der Waals surface area contributed by atoms with E-state index >= 15 is 0 Å². The summed E-state index contributed by atoms with van der Waals surface area (Å²) < 4.78 is 19.5. The predicted molar refractivity (Wildman–Crippen MR) is 113 cm³/mol. The Morgan fingerprint density at radius 1 is 1.17 bits per heavy atom. The Morgan fingerprint density at radius 3 is 2.34 bits per heavy atom. The molecule has 0 aliphatic carbocycles. The van der Waals surface area contributed by atoms with E-state index < -0.39 is 17.1 Å². The van der Waals surface area contributed by atoms with Gasteiger partial charge in [0.1, 0.15) is 17.6 Å². The van der Waals surface area contributed by atoms with E-state index in [0.717, 1.165) is 22.8 Å². The molecule has 0 radical (unpaired) electrons. The molecule has 0 aliphatic heterocycles. The van der Waals surface area contributed by atoms with Crippen LogP contribution in [0.3, 0.4) is 0 Å². The van der Waals surface area contributed by atoms with Crippen molar-refractivity contribution in [1.82, 2.24) is 5.32 Å². The van der Waals surface area contributed by atoms with Gasteiger partial charge in [0.25, 0.3) is 5.91 Å². The molecule has 0 aliphatic rings. The summed E-state index contributed by atoms with van der Waals surface area (Å²) >= 11 is 5.92. The van der Waals surface area contributed by atoms with Crippen LogP contribution in [-0.2, 0) is 0 Å². The normalized spacial score (nSPS) is 12.1. The Balaban J connectivity index is 2.61. The van der Waals surface area contributed by atoms with Crippen LogP contribution >= 0.6 is 11.6 Å². The number of rotatable bonds is 4. The van der Waals surface area contributed by atoms with E-state index in [1.54, 1.807) is 0 Å². The standard InChI is InChI=1S/C23H24ClFN2O2/c1-13-7-8-15(14(2)9-13)17(12-26)21(23(3,4)5)27-22(28)16-10-20(29-6)18(24)11-19(16)25/h7-11H,1-6H3,(H,27,28)/b21-17-. The Hall–Kier alpha value is -2.84. The van der Waals surface area contributed by atoms with Gasteiger partial charge in [0.05, 0.1) is 23.3 Å². The second-order valence-corrected chi connectivity index (χ2v) is 8.26. The molecule has 29 heavy (non-hydrogen) atoms. The lowest BCUT2D eigenvalue weighted by Crippen LogP contribution is -2.32. The fraction of sp³-hybridized carbons (Fsp3) is 0.304. The van der Waals surface area contributed by atoms with Gasteiger partial charge in [-0.15, -0.1) is 0 Å². The van der Waals surface area contributed by atoms with Gasteiger partial charge in [-0.1, -0.05) is 56.1 Å². The van der Waals surface area contributed by atoms with E-state index in [-0.39, 0.29) is 16.3 Å². The average Bonchev–Trinajstić information content (AvgIpc) is 2.62. The number of halogens is 2. The third-order valence-corrected chi connectivity index (χ3v) is 4.78. The van der Waals surface area contributed by atoms with Crippen molar-refractivity contribution in [3.8, 4) is 11.8 Å². The lowest BCUT2D eigenvalue weighted by molar-refractivity contribution is 0.0953. The molecule has 2 aromatic carbocycles. The van der Waals surface area contributed by atoms with Crippen molar-refractivity contribution in [3.63, 3.8) is 0 Å². The molecule has 1 N–H and O–H groups in total. The molecule has 0 fully saturated rings. The number of amides is 1. The van der Waals surface area contributed by atoms with Crippen molar-refractivity contribution >= 4 is 23.1 Å². The first kappa shape index (κ1) is 22.4. The first-order valence-corrected chi connectivity index (χ1v) is 9.44. The maximum Gasteiger partial charge on any atom is 0.258 e. The number of allylic oxidation sites excluding steroid dienone is 2. The third-order valence-electron chi connectivity index (χ3n) is 4.49. The maximum absolute atomic E-state index is 14.4. The summed E-state index contributed by atoms with van der Waals surface area (Å²) in [6, 6.07) is 10.2. The first-order valence-electron chi connectivity index (χ1n) is 9.06. The SMILES string of the molecule is COc1cc(C(=O)N/C(=C(/C#N)c2ccc(C)cc2C)C(C)(C)C)c(F)cc1Cl. The molecule has 6 heteroatoms. The van der Waals surface area contributed by atoms with Crippen molar-refractivity contribution in [3.05, 3.63) is 69.1 Å². The molecule has 4 nitrogen and oxygen atoms in total. The molecule has 0 spiro atoms. The van der Waals surface area contributed by atoms with Crippen molar-refractivity contribution in [2.24, 2.45) is 5.41 Å². The summed E-state index contributed by atoms with van der Waals surface area (Å²) in [5.41, 5.74) is 2.65. The van der Waals surface area contributed by atoms with E-state index in [1.807, 2.05) is 52.8 Å². The second kappa shape index (κ2) is 8.67. The minimum atomic E-state index is -0.772. The highest BCUT2D eigenvalue weighted by molar-refractivity contribution is 6.32. The molecule has 0 unspecified atom stereocenters. The summed E-state index contributed by atoms with van der Waals surface area (Å²) in [6.45, 7) is 9.51. The Bertz CT molecular complexity index is 1030. The van der Waals surface area contributed by atoms with Crippen LogP contribution in [0.15, 0.2) is 36.0 Å². The zero-order valence-corrected chi connectivity index (χ0v) is 18.2. The number of hydrogen-bond acceptors (Lipinski definition) is 3. The summed E-state index contributed by atoms with van der Waals surface area (Å²) in [5.74, 6) is -1.26. The number of hydrogen-bond donors (Lipinski definition) is 1. The summed E-state index contributed by atoms with van der Waals surface area (Å²) in [6.07, 6.45) is 0. The van der Waals surface area contributed by atoms with Gasteiger partial charge in [-0.2, -0.15) is 5.26 Å². The molecule has 0 saturated carbocycles. The number of benzene rings is 2. The molecule has 0 atom stereocenters. The number of ether oxygens (including phenoxy) is 1. The third kappa shape index (κ3) is 4.96. The Kier molecular flexibility index (Phi) is 6.71. The lowest BCUT2D eigenvalue weighted by atomic mass is 9.85. The summed E-state index contributed by atoms with van der Waals surface area (Å²) in [7, 11) is 1.38. The smallest absolute Gasteiger partial charge is 0.258 e. The largest absolute Gasteiger partial charge is 0.495 e. The molecule has 1 amide bonds. The number of carbonyl (C=O) groups is 1. The molecule has 2 aromatic rings. The predicted octanol–water partition coefficient (Wildman–Crippen LogP) is 5.82. The number of nitrogens with one attached hydrogen (secondary N) is 1. The topological polar surface area (TPSA) is 62.1 Å².